The molecule has 154 valence electrons. The molecule has 0 spiro atoms. The molecule has 0 aliphatic carbocycles. The Hall–Kier alpha value is -2.18. The number of anilines is 1. The third-order valence-corrected chi connectivity index (χ3v) is 7.70. The number of benzene rings is 3. The van der Waals surface area contributed by atoms with Crippen molar-refractivity contribution < 1.29 is 22.0 Å². The number of sulfonamides is 1. The van der Waals surface area contributed by atoms with Crippen molar-refractivity contribution >= 4 is 34.1 Å². The average Bonchev–Trinajstić information content (AvgIpc) is 2.69. The standard InChI is InChI=1S/C21H24NO5PS/c1-3-26-28(23,27-4-2)16-17-9-12-20(13-10-17)22-29(24,25)21-14-11-18-7-5-6-8-19(18)15-21/h5-15,22H,3-4,16H2,1-2H3. The zero-order chi connectivity index (χ0) is 20.9. The summed E-state index contributed by atoms with van der Waals surface area (Å²) in [4.78, 5) is 0.192. The van der Waals surface area contributed by atoms with Crippen LogP contribution >= 0.6 is 7.60 Å². The molecule has 0 heterocycles. The van der Waals surface area contributed by atoms with Crippen molar-refractivity contribution in [3.05, 3.63) is 72.3 Å². The van der Waals surface area contributed by atoms with Crippen LogP contribution in [0.5, 0.6) is 0 Å². The molecule has 0 unspecified atom stereocenters. The van der Waals surface area contributed by atoms with Crippen LogP contribution < -0.4 is 4.72 Å². The van der Waals surface area contributed by atoms with Crippen molar-refractivity contribution in [1.82, 2.24) is 0 Å². The maximum atomic E-state index is 12.7. The lowest BCUT2D eigenvalue weighted by Crippen LogP contribution is -2.12. The van der Waals surface area contributed by atoms with Gasteiger partial charge in [-0.3, -0.25) is 9.29 Å². The third kappa shape index (κ3) is 5.46. The minimum Gasteiger partial charge on any atom is -0.309 e. The van der Waals surface area contributed by atoms with Crippen LogP contribution in [0.15, 0.2) is 71.6 Å². The summed E-state index contributed by atoms with van der Waals surface area (Å²) >= 11 is 0. The normalized spacial score (nSPS) is 12.2. The van der Waals surface area contributed by atoms with E-state index in [-0.39, 0.29) is 11.1 Å². The van der Waals surface area contributed by atoms with E-state index in [0.717, 1.165) is 16.3 Å². The molecular formula is C21H24NO5PS. The van der Waals surface area contributed by atoms with Crippen LogP contribution in [-0.2, 0) is 29.8 Å². The van der Waals surface area contributed by atoms with Gasteiger partial charge in [0, 0.05) is 5.69 Å². The van der Waals surface area contributed by atoms with E-state index in [1.807, 2.05) is 24.3 Å². The summed E-state index contributed by atoms with van der Waals surface area (Å²) in [6.07, 6.45) is 0.131. The first-order valence-electron chi connectivity index (χ1n) is 9.34. The minimum absolute atomic E-state index is 0.131. The second kappa shape index (κ2) is 9.09. The van der Waals surface area contributed by atoms with Crippen LogP contribution in [0.25, 0.3) is 10.8 Å². The summed E-state index contributed by atoms with van der Waals surface area (Å²) < 4.78 is 51.3. The van der Waals surface area contributed by atoms with E-state index in [0.29, 0.717) is 18.9 Å². The molecule has 0 fully saturated rings. The monoisotopic (exact) mass is 433 g/mol. The van der Waals surface area contributed by atoms with Crippen LogP contribution in [-0.4, -0.2) is 21.6 Å². The van der Waals surface area contributed by atoms with E-state index < -0.39 is 17.6 Å². The van der Waals surface area contributed by atoms with E-state index in [1.54, 1.807) is 56.3 Å². The van der Waals surface area contributed by atoms with Crippen LogP contribution in [0.1, 0.15) is 19.4 Å². The molecule has 29 heavy (non-hydrogen) atoms. The SMILES string of the molecule is CCOP(=O)(Cc1ccc(NS(=O)(=O)c2ccc3ccccc3c2)cc1)OCC. The van der Waals surface area contributed by atoms with Gasteiger partial charge in [0.05, 0.1) is 24.3 Å². The smallest absolute Gasteiger partial charge is 0.309 e. The van der Waals surface area contributed by atoms with E-state index in [1.165, 1.54) is 0 Å². The van der Waals surface area contributed by atoms with Crippen molar-refractivity contribution in [2.24, 2.45) is 0 Å². The highest BCUT2D eigenvalue weighted by atomic mass is 32.2. The Morgan fingerprint density at radius 3 is 2.10 bits per heavy atom. The third-order valence-electron chi connectivity index (χ3n) is 4.27. The maximum Gasteiger partial charge on any atom is 0.335 e. The van der Waals surface area contributed by atoms with Gasteiger partial charge >= 0.3 is 7.60 Å². The first kappa shape index (κ1) is 21.5. The fourth-order valence-corrected chi connectivity index (χ4v) is 5.77. The summed E-state index contributed by atoms with van der Waals surface area (Å²) in [6, 6.07) is 19.3. The first-order valence-corrected chi connectivity index (χ1v) is 12.5. The van der Waals surface area contributed by atoms with E-state index >= 15 is 0 Å². The summed E-state index contributed by atoms with van der Waals surface area (Å²) in [5.41, 5.74) is 1.16. The van der Waals surface area contributed by atoms with Gasteiger partial charge in [0.15, 0.2) is 0 Å². The summed E-state index contributed by atoms with van der Waals surface area (Å²) in [6.45, 7) is 4.11. The van der Waals surface area contributed by atoms with E-state index in [2.05, 4.69) is 4.72 Å². The molecule has 8 heteroatoms. The summed E-state index contributed by atoms with van der Waals surface area (Å²) in [5, 5.41) is 1.83. The van der Waals surface area contributed by atoms with Crippen molar-refractivity contribution in [3.8, 4) is 0 Å². The quantitative estimate of drug-likeness (QED) is 0.457. The molecule has 0 saturated carbocycles. The van der Waals surface area contributed by atoms with E-state index in [4.69, 9.17) is 9.05 Å². The van der Waals surface area contributed by atoms with Gasteiger partial charge in [-0.15, -0.1) is 0 Å². The minimum atomic E-state index is -3.72. The van der Waals surface area contributed by atoms with Gasteiger partial charge in [-0.05, 0) is 54.4 Å². The van der Waals surface area contributed by atoms with Crippen molar-refractivity contribution in [2.75, 3.05) is 17.9 Å². The second-order valence-corrected chi connectivity index (χ2v) is 10.2. The maximum absolute atomic E-state index is 12.7. The Bertz CT molecular complexity index is 1120. The molecule has 3 aromatic rings. The molecule has 0 aliphatic rings. The van der Waals surface area contributed by atoms with Crippen LogP contribution in [0.4, 0.5) is 5.69 Å². The number of hydrogen-bond acceptors (Lipinski definition) is 5. The number of fused-ring (bicyclic) bond motifs is 1. The molecular weight excluding hydrogens is 409 g/mol. The number of nitrogens with one attached hydrogen (secondary N) is 1. The second-order valence-electron chi connectivity index (χ2n) is 6.42. The van der Waals surface area contributed by atoms with Crippen molar-refractivity contribution in [3.63, 3.8) is 0 Å². The molecule has 0 atom stereocenters. The van der Waals surface area contributed by atoms with Crippen molar-refractivity contribution in [2.45, 2.75) is 24.9 Å². The van der Waals surface area contributed by atoms with Gasteiger partial charge in [0.25, 0.3) is 10.0 Å². The van der Waals surface area contributed by atoms with Gasteiger partial charge < -0.3 is 9.05 Å². The molecule has 0 saturated heterocycles. The Kier molecular flexibility index (Phi) is 6.75. The van der Waals surface area contributed by atoms with Gasteiger partial charge in [-0.25, -0.2) is 8.42 Å². The predicted molar refractivity (Wildman–Crippen MR) is 116 cm³/mol. The molecule has 0 aromatic heterocycles. The Balaban J connectivity index is 1.76. The lowest BCUT2D eigenvalue weighted by atomic mass is 10.1. The fourth-order valence-electron chi connectivity index (χ4n) is 2.97. The Labute approximate surface area is 171 Å². The first-order chi connectivity index (χ1) is 13.8. The van der Waals surface area contributed by atoms with Crippen LogP contribution in [0.3, 0.4) is 0 Å². The lowest BCUT2D eigenvalue weighted by molar-refractivity contribution is 0.219. The Morgan fingerprint density at radius 2 is 1.48 bits per heavy atom. The van der Waals surface area contributed by atoms with Gasteiger partial charge in [-0.1, -0.05) is 42.5 Å². The largest absolute Gasteiger partial charge is 0.335 e. The molecule has 1 N–H and O–H groups in total. The number of rotatable bonds is 9. The molecule has 0 bridgehead atoms. The lowest BCUT2D eigenvalue weighted by Gasteiger charge is -2.17. The zero-order valence-electron chi connectivity index (χ0n) is 16.4. The van der Waals surface area contributed by atoms with Gasteiger partial charge in [0.1, 0.15) is 0 Å². The fraction of sp³-hybridized carbons (Fsp3) is 0.238. The molecule has 0 aliphatic heterocycles. The highest BCUT2D eigenvalue weighted by molar-refractivity contribution is 7.92. The number of hydrogen-bond donors (Lipinski definition) is 1. The zero-order valence-corrected chi connectivity index (χ0v) is 18.1. The predicted octanol–water partition coefficient (Wildman–Crippen LogP) is 5.41. The highest BCUT2D eigenvalue weighted by Crippen LogP contribution is 2.51. The average molecular weight is 433 g/mol. The highest BCUT2D eigenvalue weighted by Gasteiger charge is 2.24. The molecule has 0 radical (unpaired) electrons. The molecule has 0 amide bonds. The van der Waals surface area contributed by atoms with Gasteiger partial charge in [0.2, 0.25) is 0 Å². The van der Waals surface area contributed by atoms with E-state index in [9.17, 15) is 13.0 Å². The summed E-state index contributed by atoms with van der Waals surface area (Å²) in [7, 11) is -6.93. The Morgan fingerprint density at radius 1 is 0.862 bits per heavy atom. The van der Waals surface area contributed by atoms with Gasteiger partial charge in [-0.2, -0.15) is 0 Å². The van der Waals surface area contributed by atoms with Crippen molar-refractivity contribution in [1.29, 1.82) is 0 Å². The summed E-state index contributed by atoms with van der Waals surface area (Å²) in [5.74, 6) is 0. The molecule has 3 rings (SSSR count). The topological polar surface area (TPSA) is 81.7 Å². The van der Waals surface area contributed by atoms with Crippen LogP contribution in [0.2, 0.25) is 0 Å². The molecule has 3 aromatic carbocycles. The van der Waals surface area contributed by atoms with Crippen LogP contribution in [0, 0.1) is 0 Å². The molecule has 6 nitrogen and oxygen atoms in total.